The molecule has 5 aliphatic carbocycles. The molecule has 33 heavy (non-hydrogen) atoms. The van der Waals surface area contributed by atoms with Crippen LogP contribution in [0.5, 0.6) is 0 Å². The van der Waals surface area contributed by atoms with E-state index in [1.165, 1.54) is 58.3 Å². The minimum atomic E-state index is -0.144. The average Bonchev–Trinajstić information content (AvgIpc) is 3.06. The van der Waals surface area contributed by atoms with Crippen LogP contribution < -0.4 is 0 Å². The average molecular weight is 473 g/mol. The number of carbonyl (C=O) groups excluding carboxylic acids is 2. The van der Waals surface area contributed by atoms with Crippen LogP contribution in [0.2, 0.25) is 0 Å². The Hall–Kier alpha value is -0.770. The van der Waals surface area contributed by atoms with Crippen molar-refractivity contribution in [2.24, 2.45) is 34.5 Å². The lowest BCUT2D eigenvalue weighted by molar-refractivity contribution is -0.149. The van der Waals surface area contributed by atoms with Crippen LogP contribution in [0.3, 0.4) is 0 Å². The van der Waals surface area contributed by atoms with E-state index in [9.17, 15) is 9.59 Å². The second-order valence-corrected chi connectivity index (χ2v) is 14.1. The lowest BCUT2D eigenvalue weighted by atomic mass is 9.47. The highest BCUT2D eigenvalue weighted by molar-refractivity contribution is 8.00. The summed E-state index contributed by atoms with van der Waals surface area (Å²) in [6, 6.07) is 0. The second-order valence-electron chi connectivity index (χ2n) is 12.5. The number of Topliss-reactive ketones (excluding diaryl/α,β-unsaturated/α-hetero) is 1. The first-order valence-corrected chi connectivity index (χ1v) is 14.7. The third-order valence-electron chi connectivity index (χ3n) is 10.8. The van der Waals surface area contributed by atoms with Crippen molar-refractivity contribution in [3.8, 4) is 0 Å². The van der Waals surface area contributed by atoms with E-state index in [0.29, 0.717) is 22.9 Å². The first-order valence-electron chi connectivity index (χ1n) is 13.7. The first kappa shape index (κ1) is 23.9. The Kier molecular flexibility index (Phi) is 6.55. The van der Waals surface area contributed by atoms with E-state index in [-0.39, 0.29) is 28.8 Å². The van der Waals surface area contributed by atoms with Crippen molar-refractivity contribution in [1.82, 2.24) is 0 Å². The molecule has 0 unspecified atom stereocenters. The van der Waals surface area contributed by atoms with Crippen LogP contribution in [0.1, 0.15) is 105 Å². The number of fused-ring (bicyclic) bond motifs is 5. The molecule has 8 atom stereocenters. The van der Waals surface area contributed by atoms with E-state index in [1.54, 1.807) is 5.57 Å². The minimum Gasteiger partial charge on any atom is -0.462 e. The van der Waals surface area contributed by atoms with Gasteiger partial charge in [0.25, 0.3) is 0 Å². The van der Waals surface area contributed by atoms with Gasteiger partial charge in [0.2, 0.25) is 0 Å². The van der Waals surface area contributed by atoms with E-state index in [0.717, 1.165) is 36.9 Å². The minimum absolute atomic E-state index is 0.0667. The Labute approximate surface area is 205 Å². The van der Waals surface area contributed by atoms with Gasteiger partial charge in [0.15, 0.2) is 0 Å². The molecule has 0 aromatic heterocycles. The van der Waals surface area contributed by atoms with Gasteiger partial charge in [-0.25, -0.2) is 0 Å². The normalized spacial score (nSPS) is 45.4. The molecule has 0 aromatic rings. The molecule has 5 rings (SSSR count). The Morgan fingerprint density at radius 2 is 1.76 bits per heavy atom. The van der Waals surface area contributed by atoms with E-state index in [4.69, 9.17) is 4.74 Å². The molecular weight excluding hydrogens is 428 g/mol. The molecule has 0 N–H and O–H groups in total. The number of ether oxygens (including phenoxy) is 1. The van der Waals surface area contributed by atoms with Crippen LogP contribution in [-0.2, 0) is 14.3 Å². The van der Waals surface area contributed by atoms with E-state index >= 15 is 0 Å². The predicted molar refractivity (Wildman–Crippen MR) is 135 cm³/mol. The van der Waals surface area contributed by atoms with Crippen molar-refractivity contribution in [1.29, 1.82) is 0 Å². The zero-order chi connectivity index (χ0) is 23.4. The van der Waals surface area contributed by atoms with Gasteiger partial charge in [-0.2, -0.15) is 11.8 Å². The van der Waals surface area contributed by atoms with Crippen LogP contribution in [0, 0.1) is 34.5 Å². The number of hydrogen-bond acceptors (Lipinski definition) is 4. The van der Waals surface area contributed by atoms with Crippen molar-refractivity contribution in [3.05, 3.63) is 11.6 Å². The highest BCUT2D eigenvalue weighted by Gasteiger charge is 2.62. The monoisotopic (exact) mass is 472 g/mol. The molecule has 4 heteroatoms. The summed E-state index contributed by atoms with van der Waals surface area (Å²) in [7, 11) is 0. The Balaban J connectivity index is 1.38. The zero-order valence-electron chi connectivity index (χ0n) is 21.2. The molecule has 3 nitrogen and oxygen atoms in total. The summed E-state index contributed by atoms with van der Waals surface area (Å²) in [6.45, 7) is 8.41. The maximum absolute atomic E-state index is 13.1. The van der Waals surface area contributed by atoms with Gasteiger partial charge in [0, 0.05) is 29.8 Å². The fraction of sp³-hybridized carbons (Fsp3) is 0.862. The lowest BCUT2D eigenvalue weighted by Crippen LogP contribution is -2.51. The van der Waals surface area contributed by atoms with Gasteiger partial charge in [-0.3, -0.25) is 9.59 Å². The van der Waals surface area contributed by atoms with Gasteiger partial charge in [-0.05, 0) is 86.9 Å². The number of hydrogen-bond donors (Lipinski definition) is 0. The molecular formula is C29H44O3S. The van der Waals surface area contributed by atoms with Gasteiger partial charge in [-0.15, -0.1) is 0 Å². The molecule has 5 aliphatic rings. The fourth-order valence-electron chi connectivity index (χ4n) is 9.26. The Morgan fingerprint density at radius 1 is 1.00 bits per heavy atom. The summed E-state index contributed by atoms with van der Waals surface area (Å²) in [6.07, 6.45) is 17.4. The maximum atomic E-state index is 13.1. The van der Waals surface area contributed by atoms with Gasteiger partial charge in [0.05, 0.1) is 0 Å². The molecule has 0 bridgehead atoms. The van der Waals surface area contributed by atoms with E-state index in [1.807, 2.05) is 6.92 Å². The lowest BCUT2D eigenvalue weighted by Gasteiger charge is -2.58. The SMILES string of the molecule is CC(=O)O[C@H]1CC[C@@]2(C)C(=CC[C@H]3[C@@H]4C[C@@H](SC5CCCCC5)[C@H](C(C)=O)[C@@]4(C)CC[C@@H]32)C1. The number of ketones is 1. The highest BCUT2D eigenvalue weighted by Crippen LogP contribution is 2.68. The molecule has 4 saturated carbocycles. The third-order valence-corrected chi connectivity index (χ3v) is 12.4. The van der Waals surface area contributed by atoms with Crippen LogP contribution in [-0.4, -0.2) is 28.4 Å². The van der Waals surface area contributed by atoms with E-state index in [2.05, 4.69) is 31.7 Å². The molecule has 4 fully saturated rings. The topological polar surface area (TPSA) is 43.4 Å². The quantitative estimate of drug-likeness (QED) is 0.322. The third kappa shape index (κ3) is 4.15. The van der Waals surface area contributed by atoms with Crippen molar-refractivity contribution >= 4 is 23.5 Å². The van der Waals surface area contributed by atoms with Gasteiger partial charge in [-0.1, -0.05) is 44.8 Å². The molecule has 0 spiro atoms. The number of rotatable bonds is 4. The van der Waals surface area contributed by atoms with Crippen LogP contribution >= 0.6 is 11.8 Å². The number of esters is 1. The smallest absolute Gasteiger partial charge is 0.302 e. The zero-order valence-corrected chi connectivity index (χ0v) is 22.1. The van der Waals surface area contributed by atoms with Crippen LogP contribution in [0.25, 0.3) is 0 Å². The van der Waals surface area contributed by atoms with Crippen LogP contribution in [0.4, 0.5) is 0 Å². The standard InChI is InChI=1S/C29H44O3S/c1-18(30)27-26(33-22-8-6-5-7-9-22)17-25-23-11-10-20-16-21(32-19(2)31)12-14-28(20,3)24(23)13-15-29(25,27)4/h10,21-27H,5-9,11-17H2,1-4H3/t21-,23+,24-,25-,26+,27-,28-,29-/m0/s1. The first-order chi connectivity index (χ1) is 15.7. The van der Waals surface area contributed by atoms with Gasteiger partial charge in [0.1, 0.15) is 11.9 Å². The van der Waals surface area contributed by atoms with Crippen molar-refractivity contribution in [2.75, 3.05) is 0 Å². The molecule has 0 amide bonds. The molecule has 0 radical (unpaired) electrons. The van der Waals surface area contributed by atoms with Crippen molar-refractivity contribution in [3.63, 3.8) is 0 Å². The van der Waals surface area contributed by atoms with Crippen molar-refractivity contribution in [2.45, 2.75) is 121 Å². The summed E-state index contributed by atoms with van der Waals surface area (Å²) >= 11 is 2.21. The summed E-state index contributed by atoms with van der Waals surface area (Å²) in [5.74, 6) is 2.66. The largest absolute Gasteiger partial charge is 0.462 e. The summed E-state index contributed by atoms with van der Waals surface area (Å²) in [4.78, 5) is 24.6. The summed E-state index contributed by atoms with van der Waals surface area (Å²) < 4.78 is 5.61. The fourth-order valence-corrected chi connectivity index (χ4v) is 11.3. The molecule has 0 saturated heterocycles. The number of thioether (sulfide) groups is 1. The number of allylic oxidation sites excluding steroid dienone is 1. The van der Waals surface area contributed by atoms with Gasteiger partial charge >= 0.3 is 5.97 Å². The molecule has 0 heterocycles. The van der Waals surface area contributed by atoms with Crippen LogP contribution in [0.15, 0.2) is 11.6 Å². The Morgan fingerprint density at radius 3 is 2.45 bits per heavy atom. The molecule has 0 aliphatic heterocycles. The summed E-state index contributed by atoms with van der Waals surface area (Å²) in [5, 5.41) is 1.30. The molecule has 0 aromatic carbocycles. The highest BCUT2D eigenvalue weighted by atomic mass is 32.2. The second kappa shape index (κ2) is 9.03. The number of carbonyl (C=O) groups is 2. The predicted octanol–water partition coefficient (Wildman–Crippen LogP) is 7.13. The Bertz CT molecular complexity index is 814. The maximum Gasteiger partial charge on any atom is 0.302 e. The molecule has 184 valence electrons. The summed E-state index contributed by atoms with van der Waals surface area (Å²) in [5.41, 5.74) is 1.98. The van der Waals surface area contributed by atoms with E-state index < -0.39 is 0 Å². The van der Waals surface area contributed by atoms with Gasteiger partial charge < -0.3 is 4.74 Å². The van der Waals surface area contributed by atoms with Crippen molar-refractivity contribution < 1.29 is 14.3 Å².